The second-order valence-corrected chi connectivity index (χ2v) is 7.52. The summed E-state index contributed by atoms with van der Waals surface area (Å²) >= 11 is 0. The maximum atomic E-state index is 11.5. The smallest absolute Gasteiger partial charge is 0.175 e. The fourth-order valence-electron chi connectivity index (χ4n) is 2.80. The summed E-state index contributed by atoms with van der Waals surface area (Å²) in [5.41, 5.74) is 3.60. The Morgan fingerprint density at radius 3 is 2.60 bits per heavy atom. The van der Waals surface area contributed by atoms with Crippen molar-refractivity contribution in [2.75, 3.05) is 17.7 Å². The average Bonchev–Trinajstić information content (AvgIpc) is 2.77. The number of sulfone groups is 1. The lowest BCUT2D eigenvalue weighted by atomic mass is 10.0. The third kappa shape index (κ3) is 2.50. The summed E-state index contributed by atoms with van der Waals surface area (Å²) in [7, 11) is -3.12. The van der Waals surface area contributed by atoms with Gasteiger partial charge in [-0.2, -0.15) is 0 Å². The number of anilines is 1. The second kappa shape index (κ2) is 4.74. The molecule has 0 amide bonds. The fraction of sp³-hybridized carbons (Fsp3) is 0.400. The molecule has 1 aromatic rings. The van der Waals surface area contributed by atoms with Gasteiger partial charge in [0.2, 0.25) is 0 Å². The van der Waals surface area contributed by atoms with E-state index in [1.807, 2.05) is 12.1 Å². The van der Waals surface area contributed by atoms with Crippen LogP contribution in [-0.2, 0) is 9.84 Å². The molecule has 0 radical (unpaired) electrons. The molecule has 4 nitrogen and oxygen atoms in total. The molecule has 1 atom stereocenters. The summed E-state index contributed by atoms with van der Waals surface area (Å²) in [6, 6.07) is 7.45. The van der Waals surface area contributed by atoms with Gasteiger partial charge >= 0.3 is 0 Å². The molecule has 0 bridgehead atoms. The number of benzene rings is 1. The molecule has 1 unspecified atom stereocenters. The first-order valence-electron chi connectivity index (χ1n) is 6.74. The highest BCUT2D eigenvalue weighted by Gasteiger charge is 2.26. The molecule has 3 rings (SSSR count). The van der Waals surface area contributed by atoms with Gasteiger partial charge in [0.05, 0.1) is 10.9 Å². The number of aliphatic imine (C=N–C) groups is 1. The molecule has 0 saturated carbocycles. The highest BCUT2D eigenvalue weighted by Crippen LogP contribution is 2.30. The predicted molar refractivity (Wildman–Crippen MR) is 81.1 cm³/mol. The lowest BCUT2D eigenvalue weighted by molar-refractivity contribution is 0.602. The Kier molecular flexibility index (Phi) is 3.17. The molecule has 0 aromatic heterocycles. The molecular weight excluding hydrogens is 272 g/mol. The van der Waals surface area contributed by atoms with Crippen molar-refractivity contribution < 1.29 is 8.42 Å². The van der Waals surface area contributed by atoms with E-state index in [2.05, 4.69) is 23.0 Å². The van der Waals surface area contributed by atoms with Gasteiger partial charge < -0.3 is 4.90 Å². The van der Waals surface area contributed by atoms with E-state index in [-0.39, 0.29) is 0 Å². The second-order valence-electron chi connectivity index (χ2n) is 5.51. The van der Waals surface area contributed by atoms with Crippen molar-refractivity contribution in [1.82, 2.24) is 0 Å². The molecule has 5 heteroatoms. The maximum Gasteiger partial charge on any atom is 0.175 e. The molecule has 2 aliphatic heterocycles. The van der Waals surface area contributed by atoms with Gasteiger partial charge in [-0.15, -0.1) is 0 Å². The minimum Gasteiger partial charge on any atom is -0.348 e. The molecule has 20 heavy (non-hydrogen) atoms. The first-order chi connectivity index (χ1) is 9.43. The van der Waals surface area contributed by atoms with Crippen LogP contribution in [0.3, 0.4) is 0 Å². The zero-order valence-corrected chi connectivity index (χ0v) is 12.5. The van der Waals surface area contributed by atoms with Gasteiger partial charge in [0, 0.05) is 36.8 Å². The summed E-state index contributed by atoms with van der Waals surface area (Å²) in [6.07, 6.45) is 5.39. The van der Waals surface area contributed by atoms with Crippen molar-refractivity contribution in [2.45, 2.75) is 30.7 Å². The van der Waals surface area contributed by atoms with Crippen LogP contribution < -0.4 is 4.90 Å². The molecule has 0 spiro atoms. The Morgan fingerprint density at radius 2 is 1.95 bits per heavy atom. The van der Waals surface area contributed by atoms with Gasteiger partial charge in [0.25, 0.3) is 0 Å². The van der Waals surface area contributed by atoms with Crippen molar-refractivity contribution in [1.29, 1.82) is 0 Å². The van der Waals surface area contributed by atoms with Crippen LogP contribution in [0, 0.1) is 0 Å². The molecular formula is C15H18N2O2S. The third-order valence-electron chi connectivity index (χ3n) is 3.83. The summed E-state index contributed by atoms with van der Waals surface area (Å²) < 4.78 is 22.9. The van der Waals surface area contributed by atoms with Crippen LogP contribution in [0.2, 0.25) is 0 Å². The van der Waals surface area contributed by atoms with E-state index in [9.17, 15) is 8.42 Å². The Hall–Kier alpha value is -1.62. The van der Waals surface area contributed by atoms with Crippen LogP contribution in [0.5, 0.6) is 0 Å². The Morgan fingerprint density at radius 1 is 1.25 bits per heavy atom. The van der Waals surface area contributed by atoms with Crippen LogP contribution in [0.25, 0.3) is 0 Å². The molecule has 2 heterocycles. The van der Waals surface area contributed by atoms with Crippen molar-refractivity contribution >= 4 is 21.2 Å². The van der Waals surface area contributed by atoms with Gasteiger partial charge in [-0.1, -0.05) is 0 Å². The maximum absolute atomic E-state index is 11.5. The SMILES string of the molecule is CC1=NC2CCN(c3ccc(S(C)(=O)=O)cc3)C=C2C1. The van der Waals surface area contributed by atoms with Crippen LogP contribution in [0.15, 0.2) is 45.9 Å². The van der Waals surface area contributed by atoms with Crippen molar-refractivity contribution in [2.24, 2.45) is 4.99 Å². The molecule has 106 valence electrons. The zero-order valence-electron chi connectivity index (χ0n) is 11.7. The average molecular weight is 290 g/mol. The number of hydrogen-bond acceptors (Lipinski definition) is 4. The lowest BCUT2D eigenvalue weighted by Crippen LogP contribution is -2.27. The summed E-state index contributed by atoms with van der Waals surface area (Å²) in [5, 5.41) is 0. The van der Waals surface area contributed by atoms with Crippen LogP contribution in [0.4, 0.5) is 5.69 Å². The van der Waals surface area contributed by atoms with Gasteiger partial charge in [-0.3, -0.25) is 4.99 Å². The number of rotatable bonds is 2. The first-order valence-corrected chi connectivity index (χ1v) is 8.63. The quantitative estimate of drug-likeness (QED) is 0.840. The van der Waals surface area contributed by atoms with E-state index in [0.29, 0.717) is 10.9 Å². The summed E-state index contributed by atoms with van der Waals surface area (Å²) in [4.78, 5) is 7.18. The molecule has 2 aliphatic rings. The highest BCUT2D eigenvalue weighted by atomic mass is 32.2. The van der Waals surface area contributed by atoms with Crippen LogP contribution >= 0.6 is 0 Å². The normalized spacial score (nSPS) is 22.3. The van der Waals surface area contributed by atoms with E-state index in [4.69, 9.17) is 0 Å². The molecule has 0 saturated heterocycles. The first kappa shape index (κ1) is 13.4. The van der Waals surface area contributed by atoms with E-state index < -0.39 is 9.84 Å². The number of fused-ring (bicyclic) bond motifs is 1. The molecule has 0 N–H and O–H groups in total. The van der Waals surface area contributed by atoms with E-state index in [1.54, 1.807) is 12.1 Å². The third-order valence-corrected chi connectivity index (χ3v) is 4.95. The van der Waals surface area contributed by atoms with Gasteiger partial charge in [0.15, 0.2) is 9.84 Å². The zero-order chi connectivity index (χ0) is 14.3. The van der Waals surface area contributed by atoms with E-state index in [1.165, 1.54) is 17.5 Å². The fourth-order valence-corrected chi connectivity index (χ4v) is 3.43. The number of nitrogens with zero attached hydrogens (tertiary/aromatic N) is 2. The lowest BCUT2D eigenvalue weighted by Gasteiger charge is -2.28. The van der Waals surface area contributed by atoms with Crippen LogP contribution in [0.1, 0.15) is 19.8 Å². The summed E-state index contributed by atoms with van der Waals surface area (Å²) in [5.74, 6) is 0. The van der Waals surface area contributed by atoms with Crippen molar-refractivity contribution in [3.63, 3.8) is 0 Å². The Balaban J connectivity index is 1.85. The predicted octanol–water partition coefficient (Wildman–Crippen LogP) is 2.42. The Bertz CT molecular complexity index is 687. The topological polar surface area (TPSA) is 49.7 Å². The van der Waals surface area contributed by atoms with E-state index in [0.717, 1.165) is 25.1 Å². The molecule has 0 aliphatic carbocycles. The highest BCUT2D eigenvalue weighted by molar-refractivity contribution is 7.90. The minimum atomic E-state index is -3.12. The van der Waals surface area contributed by atoms with Gasteiger partial charge in [-0.05, 0) is 43.2 Å². The standard InChI is InChI=1S/C15H18N2O2S/c1-11-9-12-10-17(8-7-15(12)16-11)13-3-5-14(6-4-13)20(2,18)19/h3-6,10,15H,7-9H2,1-2H3. The molecule has 1 aromatic carbocycles. The van der Waals surface area contributed by atoms with Gasteiger partial charge in [-0.25, -0.2) is 8.42 Å². The Labute approximate surface area is 119 Å². The van der Waals surface area contributed by atoms with Crippen molar-refractivity contribution in [3.8, 4) is 0 Å². The summed E-state index contributed by atoms with van der Waals surface area (Å²) in [6.45, 7) is 2.99. The van der Waals surface area contributed by atoms with E-state index >= 15 is 0 Å². The van der Waals surface area contributed by atoms with Gasteiger partial charge in [0.1, 0.15) is 0 Å². The largest absolute Gasteiger partial charge is 0.348 e. The number of hydrogen-bond donors (Lipinski definition) is 0. The monoisotopic (exact) mass is 290 g/mol. The van der Waals surface area contributed by atoms with Crippen molar-refractivity contribution in [3.05, 3.63) is 36.0 Å². The van der Waals surface area contributed by atoms with Crippen LogP contribution in [-0.4, -0.2) is 33.0 Å². The minimum absolute atomic E-state index is 0.363. The molecule has 0 fully saturated rings.